The zero-order valence-electron chi connectivity index (χ0n) is 15.2. The highest BCUT2D eigenvalue weighted by molar-refractivity contribution is 6.04. The average molecular weight is 426 g/mol. The summed E-state index contributed by atoms with van der Waals surface area (Å²) in [4.78, 5) is 15.8. The van der Waals surface area contributed by atoms with Gasteiger partial charge in [0.25, 0.3) is 5.91 Å². The summed E-state index contributed by atoms with van der Waals surface area (Å²) in [7, 11) is 0. The van der Waals surface area contributed by atoms with Crippen LogP contribution in [0.15, 0.2) is 48.5 Å². The third-order valence-electron chi connectivity index (χ3n) is 3.87. The van der Waals surface area contributed by atoms with Gasteiger partial charge in [0.1, 0.15) is 34.3 Å². The summed E-state index contributed by atoms with van der Waals surface area (Å²) in [5.41, 5.74) is -1.66. The van der Waals surface area contributed by atoms with Crippen LogP contribution in [0.3, 0.4) is 0 Å². The number of aryl methyl sites for hydroxylation is 1. The Morgan fingerprint density at radius 3 is 2.13 bits per heavy atom. The molecule has 10 heteroatoms. The Labute approximate surface area is 166 Å². The van der Waals surface area contributed by atoms with Crippen LogP contribution in [0.25, 0.3) is 0 Å². The second-order valence-electron chi connectivity index (χ2n) is 6.13. The molecule has 0 aliphatic carbocycles. The van der Waals surface area contributed by atoms with Gasteiger partial charge in [0.15, 0.2) is 0 Å². The van der Waals surface area contributed by atoms with E-state index >= 15 is 0 Å². The van der Waals surface area contributed by atoms with Gasteiger partial charge in [0.2, 0.25) is 5.88 Å². The first-order valence-corrected chi connectivity index (χ1v) is 8.33. The van der Waals surface area contributed by atoms with E-state index in [0.717, 1.165) is 6.07 Å². The van der Waals surface area contributed by atoms with E-state index < -0.39 is 46.5 Å². The summed E-state index contributed by atoms with van der Waals surface area (Å²) in [5.74, 6) is -5.76. The smallest absolute Gasteiger partial charge is 0.421 e. The molecule has 1 N–H and O–H groups in total. The number of ether oxygens (including phenoxy) is 1. The van der Waals surface area contributed by atoms with Gasteiger partial charge >= 0.3 is 6.18 Å². The van der Waals surface area contributed by atoms with Crippen molar-refractivity contribution in [3.05, 3.63) is 82.8 Å². The molecule has 4 nitrogen and oxygen atoms in total. The van der Waals surface area contributed by atoms with Crippen molar-refractivity contribution in [3.8, 4) is 11.6 Å². The van der Waals surface area contributed by atoms with Gasteiger partial charge in [-0.15, -0.1) is 0 Å². The lowest BCUT2D eigenvalue weighted by Gasteiger charge is -2.13. The van der Waals surface area contributed by atoms with E-state index in [-0.39, 0.29) is 11.4 Å². The van der Waals surface area contributed by atoms with Crippen molar-refractivity contribution in [1.82, 2.24) is 4.98 Å². The number of carbonyl (C=O) groups excluding carboxylic acids is 1. The molecule has 1 heterocycles. The van der Waals surface area contributed by atoms with Crippen molar-refractivity contribution in [2.24, 2.45) is 0 Å². The Morgan fingerprint density at radius 2 is 1.57 bits per heavy atom. The quantitative estimate of drug-likeness (QED) is 0.531. The molecule has 30 heavy (non-hydrogen) atoms. The number of carbonyl (C=O) groups is 1. The van der Waals surface area contributed by atoms with Crippen LogP contribution in [0.2, 0.25) is 0 Å². The van der Waals surface area contributed by atoms with Gasteiger partial charge in [-0.05, 0) is 43.3 Å². The molecule has 1 aromatic heterocycles. The molecule has 0 spiro atoms. The summed E-state index contributed by atoms with van der Waals surface area (Å²) < 4.78 is 84.8. The largest absolute Gasteiger partial charge is 0.438 e. The van der Waals surface area contributed by atoms with Crippen LogP contribution in [0, 0.1) is 24.4 Å². The first kappa shape index (κ1) is 21.2. The molecule has 2 aromatic carbocycles. The molecule has 3 rings (SSSR count). The summed E-state index contributed by atoms with van der Waals surface area (Å²) in [6.45, 7) is 1.50. The molecule has 0 saturated carbocycles. The van der Waals surface area contributed by atoms with Gasteiger partial charge in [0.05, 0.1) is 0 Å². The molecule has 0 bridgehead atoms. The van der Waals surface area contributed by atoms with Gasteiger partial charge < -0.3 is 10.1 Å². The number of pyridine rings is 1. The lowest BCUT2D eigenvalue weighted by atomic mass is 10.1. The third kappa shape index (κ3) is 4.70. The summed E-state index contributed by atoms with van der Waals surface area (Å²) in [6.07, 6.45) is -4.67. The number of anilines is 1. The molecule has 0 unspecified atom stereocenters. The summed E-state index contributed by atoms with van der Waals surface area (Å²) in [5, 5.41) is 2.20. The first-order valence-electron chi connectivity index (χ1n) is 8.33. The molecule has 156 valence electrons. The molecule has 0 aliphatic heterocycles. The van der Waals surface area contributed by atoms with E-state index in [4.69, 9.17) is 4.74 Å². The van der Waals surface area contributed by atoms with Crippen LogP contribution in [-0.4, -0.2) is 10.9 Å². The fourth-order valence-electron chi connectivity index (χ4n) is 2.50. The van der Waals surface area contributed by atoms with Crippen LogP contribution >= 0.6 is 0 Å². The maximum Gasteiger partial charge on any atom is 0.421 e. The molecule has 0 fully saturated rings. The maximum absolute atomic E-state index is 13.7. The maximum atomic E-state index is 13.7. The second-order valence-corrected chi connectivity index (χ2v) is 6.13. The Kier molecular flexibility index (Phi) is 5.68. The van der Waals surface area contributed by atoms with Crippen LogP contribution in [-0.2, 0) is 6.18 Å². The normalized spacial score (nSPS) is 11.3. The molecule has 0 radical (unpaired) electrons. The van der Waals surface area contributed by atoms with Crippen molar-refractivity contribution >= 4 is 11.6 Å². The van der Waals surface area contributed by atoms with Crippen molar-refractivity contribution in [1.29, 1.82) is 0 Å². The molecule has 0 saturated heterocycles. The van der Waals surface area contributed by atoms with Gasteiger partial charge in [-0.25, -0.2) is 18.2 Å². The first-order chi connectivity index (χ1) is 14.0. The van der Waals surface area contributed by atoms with E-state index in [2.05, 4.69) is 10.3 Å². The lowest BCUT2D eigenvalue weighted by molar-refractivity contribution is -0.138. The Morgan fingerprint density at radius 1 is 0.967 bits per heavy atom. The molecule has 0 atom stereocenters. The number of nitrogens with zero attached hydrogens (tertiary/aromatic N) is 1. The van der Waals surface area contributed by atoms with Crippen molar-refractivity contribution in [2.45, 2.75) is 13.1 Å². The number of rotatable bonds is 4. The van der Waals surface area contributed by atoms with E-state index in [9.17, 15) is 31.1 Å². The zero-order valence-corrected chi connectivity index (χ0v) is 15.2. The molecular weight excluding hydrogens is 414 g/mol. The minimum absolute atomic E-state index is 0.0178. The predicted octanol–water partition coefficient (Wildman–Crippen LogP) is 5.87. The monoisotopic (exact) mass is 426 g/mol. The van der Waals surface area contributed by atoms with Gasteiger partial charge in [-0.3, -0.25) is 4.79 Å². The Hall–Kier alpha value is -3.56. The van der Waals surface area contributed by atoms with Gasteiger partial charge in [-0.1, -0.05) is 0 Å². The average Bonchev–Trinajstić information content (AvgIpc) is 2.61. The molecule has 0 aliphatic rings. The number of amides is 1. The van der Waals surface area contributed by atoms with Crippen LogP contribution < -0.4 is 10.1 Å². The second kappa shape index (κ2) is 8.05. The number of alkyl halides is 3. The topological polar surface area (TPSA) is 51.2 Å². The third-order valence-corrected chi connectivity index (χ3v) is 3.87. The van der Waals surface area contributed by atoms with E-state index in [0.29, 0.717) is 17.8 Å². The van der Waals surface area contributed by atoms with Crippen molar-refractivity contribution in [2.75, 3.05) is 5.32 Å². The van der Waals surface area contributed by atoms with Crippen LogP contribution in [0.1, 0.15) is 21.6 Å². The van der Waals surface area contributed by atoms with Crippen molar-refractivity contribution < 1.29 is 35.9 Å². The lowest BCUT2D eigenvalue weighted by Crippen LogP contribution is -2.16. The number of halogens is 6. The summed E-state index contributed by atoms with van der Waals surface area (Å²) >= 11 is 0. The van der Waals surface area contributed by atoms with Crippen LogP contribution in [0.5, 0.6) is 11.6 Å². The number of benzene rings is 2. The highest BCUT2D eigenvalue weighted by Gasteiger charge is 2.35. The number of nitrogens with one attached hydrogen (secondary N) is 1. The molecular formula is C20H12F6N2O2. The highest BCUT2D eigenvalue weighted by atomic mass is 19.4. The Balaban J connectivity index is 1.78. The number of hydrogen-bond donors (Lipinski definition) is 1. The minimum Gasteiger partial charge on any atom is -0.438 e. The van der Waals surface area contributed by atoms with E-state index in [1.165, 1.54) is 37.3 Å². The molecule has 1 amide bonds. The fourth-order valence-corrected chi connectivity index (χ4v) is 2.50. The van der Waals surface area contributed by atoms with Crippen LogP contribution in [0.4, 0.5) is 32.0 Å². The zero-order chi connectivity index (χ0) is 22.1. The van der Waals surface area contributed by atoms with E-state index in [1.54, 1.807) is 0 Å². The number of aromatic nitrogens is 1. The minimum atomic E-state index is -4.67. The van der Waals surface area contributed by atoms with E-state index in [1.807, 2.05) is 0 Å². The SMILES string of the molecule is Cc1ccc(C(F)(F)F)c(Oc2ccc(NC(=O)c3c(F)cc(F)cc3F)cc2)n1. The highest BCUT2D eigenvalue weighted by Crippen LogP contribution is 2.37. The van der Waals surface area contributed by atoms with Gasteiger partial charge in [0, 0.05) is 23.5 Å². The predicted molar refractivity (Wildman–Crippen MR) is 94.8 cm³/mol. The molecule has 3 aromatic rings. The van der Waals surface area contributed by atoms with Crippen molar-refractivity contribution in [3.63, 3.8) is 0 Å². The summed E-state index contributed by atoms with van der Waals surface area (Å²) in [6, 6.07) is 7.73. The Bertz CT molecular complexity index is 1070. The fraction of sp³-hybridized carbons (Fsp3) is 0.100. The van der Waals surface area contributed by atoms with Gasteiger partial charge in [-0.2, -0.15) is 13.2 Å². The standard InChI is InChI=1S/C20H12F6N2O2/c1-10-2-7-14(20(24,25)26)19(27-10)30-13-5-3-12(4-6-13)28-18(29)17-15(22)8-11(21)9-16(17)23/h2-9H,1H3,(H,28,29). The number of hydrogen-bond acceptors (Lipinski definition) is 3.